The minimum absolute atomic E-state index is 0.198. The number of nitrogens with one attached hydrogen (secondary N) is 1. The van der Waals surface area contributed by atoms with Crippen LogP contribution >= 0.6 is 0 Å². The fourth-order valence-corrected chi connectivity index (χ4v) is 12.8. The van der Waals surface area contributed by atoms with Gasteiger partial charge >= 0.3 is 0 Å². The topological polar surface area (TPSA) is 228 Å². The monoisotopic (exact) mass is 1240 g/mol. The lowest BCUT2D eigenvalue weighted by atomic mass is 9.97. The summed E-state index contributed by atoms with van der Waals surface area (Å²) in [4.78, 5) is 13.4. The molecule has 1 amide bonds. The maximum Gasteiger partial charge on any atom is 0.220 e. The molecule has 2 heterocycles. The molecule has 87 heavy (non-hydrogen) atoms. The molecule has 12 unspecified atom stereocenters. The Bertz CT molecular complexity index is 1510. The first kappa shape index (κ1) is 81.8. The van der Waals surface area contributed by atoms with Crippen molar-refractivity contribution in [3.63, 3.8) is 0 Å². The van der Waals surface area contributed by atoms with E-state index in [4.69, 9.17) is 18.9 Å². The zero-order valence-corrected chi connectivity index (χ0v) is 56.3. The summed E-state index contributed by atoms with van der Waals surface area (Å²) >= 11 is 0. The lowest BCUT2D eigenvalue weighted by Gasteiger charge is -2.46. The van der Waals surface area contributed by atoms with Crippen LogP contribution in [-0.4, -0.2) is 140 Å². The molecular formula is C73H141NO13. The van der Waals surface area contributed by atoms with Crippen LogP contribution in [0, 0.1) is 0 Å². The van der Waals surface area contributed by atoms with Crippen molar-refractivity contribution in [3.05, 3.63) is 12.2 Å². The number of ether oxygens (including phenoxy) is 4. The second kappa shape index (κ2) is 58.5. The van der Waals surface area contributed by atoms with E-state index in [0.29, 0.717) is 12.8 Å². The zero-order chi connectivity index (χ0) is 63.1. The Morgan fingerprint density at radius 2 is 0.724 bits per heavy atom. The van der Waals surface area contributed by atoms with E-state index in [2.05, 4.69) is 31.3 Å². The Balaban J connectivity index is 1.62. The molecule has 9 N–H and O–H groups in total. The van der Waals surface area contributed by atoms with Gasteiger partial charge in [-0.1, -0.05) is 321 Å². The van der Waals surface area contributed by atoms with Crippen molar-refractivity contribution in [1.82, 2.24) is 5.32 Å². The highest BCUT2D eigenvalue weighted by atomic mass is 16.7. The molecule has 12 atom stereocenters. The molecule has 0 saturated carbocycles. The van der Waals surface area contributed by atoms with E-state index >= 15 is 0 Å². The molecule has 2 aliphatic heterocycles. The third-order valence-electron chi connectivity index (χ3n) is 18.7. The predicted molar refractivity (Wildman–Crippen MR) is 355 cm³/mol. The Kier molecular flexibility index (Phi) is 55.1. The van der Waals surface area contributed by atoms with E-state index < -0.39 is 86.8 Å². The number of amides is 1. The second-order valence-electron chi connectivity index (χ2n) is 26.8. The average Bonchev–Trinajstić information content (AvgIpc) is 2.33. The van der Waals surface area contributed by atoms with Crippen LogP contribution in [-0.2, 0) is 23.7 Å². The molecule has 2 aliphatic rings. The Hall–Kier alpha value is -1.27. The summed E-state index contributed by atoms with van der Waals surface area (Å²) in [6.07, 6.45) is 55.2. The largest absolute Gasteiger partial charge is 0.394 e. The van der Waals surface area contributed by atoms with Gasteiger partial charge in [-0.25, -0.2) is 0 Å². The molecule has 0 radical (unpaired) electrons. The zero-order valence-electron chi connectivity index (χ0n) is 56.3. The van der Waals surface area contributed by atoms with Crippen LogP contribution in [0.2, 0.25) is 0 Å². The van der Waals surface area contributed by atoms with Gasteiger partial charge in [0.1, 0.15) is 48.8 Å². The molecule has 2 saturated heterocycles. The molecule has 0 bridgehead atoms. The first-order valence-corrected chi connectivity index (χ1v) is 37.4. The molecule has 0 aliphatic carbocycles. The molecule has 2 fully saturated rings. The van der Waals surface area contributed by atoms with E-state index in [-0.39, 0.29) is 12.5 Å². The van der Waals surface area contributed by atoms with Crippen molar-refractivity contribution >= 4 is 5.91 Å². The maximum absolute atomic E-state index is 13.4. The maximum atomic E-state index is 13.4. The van der Waals surface area contributed by atoms with E-state index in [1.165, 1.54) is 276 Å². The number of aliphatic hydroxyl groups excluding tert-OH is 8. The lowest BCUT2D eigenvalue weighted by molar-refractivity contribution is -0.359. The smallest absolute Gasteiger partial charge is 0.220 e. The second-order valence-corrected chi connectivity index (χ2v) is 26.8. The van der Waals surface area contributed by atoms with Crippen LogP contribution in [0.5, 0.6) is 0 Å². The van der Waals surface area contributed by atoms with Crippen LogP contribution in [0.4, 0.5) is 0 Å². The Morgan fingerprint density at radius 3 is 1.09 bits per heavy atom. The highest BCUT2D eigenvalue weighted by molar-refractivity contribution is 5.76. The van der Waals surface area contributed by atoms with Crippen molar-refractivity contribution < 1.29 is 64.6 Å². The number of unbranched alkanes of at least 4 members (excludes halogenated alkanes) is 48. The molecule has 2 rings (SSSR count). The number of hydrogen-bond acceptors (Lipinski definition) is 13. The van der Waals surface area contributed by atoms with Crippen LogP contribution in [0.3, 0.4) is 0 Å². The molecule has 0 spiro atoms. The van der Waals surface area contributed by atoms with Gasteiger partial charge in [0, 0.05) is 6.42 Å². The van der Waals surface area contributed by atoms with Crippen LogP contribution < -0.4 is 5.32 Å². The third-order valence-corrected chi connectivity index (χ3v) is 18.7. The minimum atomic E-state index is -1.78. The van der Waals surface area contributed by atoms with Crippen LogP contribution in [0.15, 0.2) is 12.2 Å². The van der Waals surface area contributed by atoms with Gasteiger partial charge in [0.2, 0.25) is 5.91 Å². The molecular weight excluding hydrogens is 1100 g/mol. The number of rotatable bonds is 63. The van der Waals surface area contributed by atoms with Gasteiger partial charge in [-0.15, -0.1) is 0 Å². The fourth-order valence-electron chi connectivity index (χ4n) is 12.8. The summed E-state index contributed by atoms with van der Waals surface area (Å²) in [6.45, 7) is 2.93. The van der Waals surface area contributed by atoms with Crippen molar-refractivity contribution in [2.45, 2.75) is 428 Å². The number of hydrogen-bond donors (Lipinski definition) is 9. The summed E-state index contributed by atoms with van der Waals surface area (Å²) in [5, 5.41) is 87.7. The number of carbonyl (C=O) groups is 1. The molecule has 0 aromatic carbocycles. The fraction of sp³-hybridized carbons (Fsp3) is 0.959. The van der Waals surface area contributed by atoms with Gasteiger partial charge in [-0.3, -0.25) is 4.79 Å². The molecule has 0 aromatic rings. The molecule has 14 heteroatoms. The van der Waals surface area contributed by atoms with Gasteiger partial charge in [0.15, 0.2) is 12.6 Å². The first-order valence-electron chi connectivity index (χ1n) is 37.4. The van der Waals surface area contributed by atoms with Crippen LogP contribution in [0.25, 0.3) is 0 Å². The van der Waals surface area contributed by atoms with Crippen molar-refractivity contribution in [2.24, 2.45) is 0 Å². The minimum Gasteiger partial charge on any atom is -0.394 e. The van der Waals surface area contributed by atoms with Gasteiger partial charge in [0.05, 0.1) is 32.0 Å². The van der Waals surface area contributed by atoms with Gasteiger partial charge in [0.25, 0.3) is 0 Å². The van der Waals surface area contributed by atoms with Gasteiger partial charge in [-0.05, 0) is 38.5 Å². The number of carbonyl (C=O) groups excluding carboxylic acids is 1. The third kappa shape index (κ3) is 42.6. The lowest BCUT2D eigenvalue weighted by Crippen LogP contribution is -2.65. The standard InChI is InChI=1S/C73H141NO13/c1-3-5-7-9-11-13-15-17-19-21-23-25-27-28-29-30-31-32-33-34-35-37-39-41-43-45-47-49-51-53-55-57-65(78)74-61(60-84-72-70(83)68(81)71(64(59-76)86-72)87-73-69(82)67(80)66(79)63(58-75)85-73)62(77)56-54-52-50-48-46-44-42-40-38-36-26-24-22-20-18-16-14-12-10-8-6-4-2/h21,23,61-64,66-73,75-77,79-83H,3-20,22,24-60H2,1-2H3,(H,74,78)/b23-21-. The predicted octanol–water partition coefficient (Wildman–Crippen LogP) is 15.7. The SMILES string of the molecule is CCCCCCCCCC/C=C\CCCCCCCCCCCCCCCCCCCCCC(=O)NC(COC1OC(CO)C(OC2OC(CO)C(O)C(O)C2O)C(O)C1O)C(O)CCCCCCCCCCCCCCCCCCCCCCCC. The Labute approximate surface area is 533 Å². The molecule has 516 valence electrons. The number of aliphatic hydroxyl groups is 8. The summed E-state index contributed by atoms with van der Waals surface area (Å²) < 4.78 is 23.0. The normalized spacial score (nSPS) is 23.2. The Morgan fingerprint density at radius 1 is 0.402 bits per heavy atom. The summed E-state index contributed by atoms with van der Waals surface area (Å²) in [5.74, 6) is -0.198. The van der Waals surface area contributed by atoms with Gasteiger partial charge in [-0.2, -0.15) is 0 Å². The quantitative estimate of drug-likeness (QED) is 0.0204. The average molecular weight is 1240 g/mol. The highest BCUT2D eigenvalue weighted by Crippen LogP contribution is 2.30. The van der Waals surface area contributed by atoms with E-state index in [0.717, 1.165) is 51.4 Å². The highest BCUT2D eigenvalue weighted by Gasteiger charge is 2.51. The van der Waals surface area contributed by atoms with E-state index in [1.54, 1.807) is 0 Å². The summed E-state index contributed by atoms with van der Waals surface area (Å²) in [7, 11) is 0. The molecule has 14 nitrogen and oxygen atoms in total. The van der Waals surface area contributed by atoms with Crippen molar-refractivity contribution in [3.8, 4) is 0 Å². The van der Waals surface area contributed by atoms with Gasteiger partial charge < -0.3 is 65.1 Å². The first-order chi connectivity index (χ1) is 42.6. The van der Waals surface area contributed by atoms with E-state index in [1.807, 2.05) is 0 Å². The van der Waals surface area contributed by atoms with E-state index in [9.17, 15) is 45.6 Å². The molecule has 0 aromatic heterocycles. The number of allylic oxidation sites excluding steroid dienone is 2. The summed E-state index contributed by atoms with van der Waals surface area (Å²) in [6, 6.07) is -0.826. The van der Waals surface area contributed by atoms with Crippen LogP contribution in [0.1, 0.15) is 354 Å². The van der Waals surface area contributed by atoms with Crippen molar-refractivity contribution in [2.75, 3.05) is 19.8 Å². The summed E-state index contributed by atoms with van der Waals surface area (Å²) in [5.41, 5.74) is 0. The van der Waals surface area contributed by atoms with Crippen molar-refractivity contribution in [1.29, 1.82) is 0 Å².